The summed E-state index contributed by atoms with van der Waals surface area (Å²) in [4.78, 5) is 9.63. The van der Waals surface area contributed by atoms with Crippen LogP contribution in [0.3, 0.4) is 0 Å². The average molecular weight is 385 g/mol. The largest absolute Gasteiger partial charge is 0.481 e. The number of hydrogen-bond donors (Lipinski definition) is 0. The smallest absolute Gasteiger partial charge is 0.416 e. The van der Waals surface area contributed by atoms with Gasteiger partial charge in [-0.1, -0.05) is 28.4 Å². The lowest BCUT2D eigenvalue weighted by atomic mass is 9.98. The third-order valence-corrected chi connectivity index (χ3v) is 4.35. The van der Waals surface area contributed by atoms with Gasteiger partial charge in [0.1, 0.15) is 0 Å². The van der Waals surface area contributed by atoms with Crippen molar-refractivity contribution in [3.8, 4) is 5.88 Å². The molecule has 0 fully saturated rings. The molecule has 26 heavy (non-hydrogen) atoms. The molecular weight excluding hydrogens is 369 g/mol. The van der Waals surface area contributed by atoms with Crippen LogP contribution in [-0.4, -0.2) is 17.8 Å². The van der Waals surface area contributed by atoms with Crippen LogP contribution in [0.5, 0.6) is 5.88 Å². The summed E-state index contributed by atoms with van der Waals surface area (Å²) >= 11 is 6.14. The van der Waals surface area contributed by atoms with Gasteiger partial charge in [0.2, 0.25) is 5.88 Å². The van der Waals surface area contributed by atoms with Crippen LogP contribution < -0.4 is 4.74 Å². The first-order valence-electron chi connectivity index (χ1n) is 7.86. The molecule has 0 radical (unpaired) electrons. The van der Waals surface area contributed by atoms with Crippen molar-refractivity contribution in [2.45, 2.75) is 32.0 Å². The summed E-state index contributed by atoms with van der Waals surface area (Å²) in [7, 11) is 1.50. The van der Waals surface area contributed by atoms with E-state index < -0.39 is 17.8 Å². The first kappa shape index (κ1) is 18.5. The highest BCUT2D eigenvalue weighted by Gasteiger charge is 2.33. The minimum atomic E-state index is -4.40. The quantitative estimate of drug-likeness (QED) is 0.733. The number of pyridine rings is 1. The number of halogens is 4. The van der Waals surface area contributed by atoms with Gasteiger partial charge in [-0.05, 0) is 30.7 Å². The van der Waals surface area contributed by atoms with Crippen molar-refractivity contribution in [3.05, 3.63) is 57.7 Å². The van der Waals surface area contributed by atoms with Crippen LogP contribution >= 0.6 is 11.6 Å². The molecule has 138 valence electrons. The van der Waals surface area contributed by atoms with Crippen LogP contribution in [-0.2, 0) is 17.4 Å². The minimum absolute atomic E-state index is 0.338. The molecule has 2 aromatic rings. The Hall–Kier alpha value is -2.28. The molecule has 0 saturated carbocycles. The van der Waals surface area contributed by atoms with Gasteiger partial charge in [-0.25, -0.2) is 4.98 Å². The number of alkyl halides is 3. The maximum Gasteiger partial charge on any atom is 0.416 e. The summed E-state index contributed by atoms with van der Waals surface area (Å²) in [5.41, 5.74) is 1.51. The Bertz CT molecular complexity index is 853. The van der Waals surface area contributed by atoms with Crippen LogP contribution in [0.2, 0.25) is 5.02 Å². The third-order valence-electron chi connectivity index (χ3n) is 4.00. The zero-order valence-corrected chi connectivity index (χ0v) is 14.9. The highest BCUT2D eigenvalue weighted by molar-refractivity contribution is 6.31. The van der Waals surface area contributed by atoms with Crippen LogP contribution in [0.1, 0.15) is 34.9 Å². The molecule has 0 amide bonds. The number of nitrogens with zero attached hydrogens (tertiary/aromatic N) is 2. The van der Waals surface area contributed by atoms with Gasteiger partial charge in [-0.3, -0.25) is 0 Å². The highest BCUT2D eigenvalue weighted by atomic mass is 35.5. The fraction of sp³-hybridized carbons (Fsp3) is 0.333. The first-order chi connectivity index (χ1) is 12.3. The molecular formula is C18H16ClF3N2O2. The molecule has 4 nitrogen and oxygen atoms in total. The number of hydrogen-bond acceptors (Lipinski definition) is 4. The van der Waals surface area contributed by atoms with Crippen molar-refractivity contribution < 1.29 is 22.7 Å². The second-order valence-corrected chi connectivity index (χ2v) is 6.45. The monoisotopic (exact) mass is 384 g/mol. The molecule has 1 atom stereocenters. The van der Waals surface area contributed by atoms with Crippen molar-refractivity contribution >= 4 is 17.3 Å². The van der Waals surface area contributed by atoms with Crippen molar-refractivity contribution in [1.82, 2.24) is 4.98 Å². The van der Waals surface area contributed by atoms with Crippen LogP contribution in [0.15, 0.2) is 35.5 Å². The Labute approximate surface area is 153 Å². The highest BCUT2D eigenvalue weighted by Crippen LogP contribution is 2.35. The molecule has 0 spiro atoms. The molecule has 1 aliphatic rings. The molecule has 8 heteroatoms. The first-order valence-corrected chi connectivity index (χ1v) is 8.24. The van der Waals surface area contributed by atoms with E-state index in [1.807, 2.05) is 0 Å². The number of oxime groups is 1. The van der Waals surface area contributed by atoms with Gasteiger partial charge in [-0.15, -0.1) is 0 Å². The van der Waals surface area contributed by atoms with E-state index in [2.05, 4.69) is 10.1 Å². The predicted octanol–water partition coefficient (Wildman–Crippen LogP) is 5.13. The van der Waals surface area contributed by atoms with Gasteiger partial charge < -0.3 is 9.57 Å². The molecule has 1 aliphatic heterocycles. The lowest BCUT2D eigenvalue weighted by Gasteiger charge is -2.14. The minimum Gasteiger partial charge on any atom is -0.481 e. The van der Waals surface area contributed by atoms with E-state index in [4.69, 9.17) is 21.2 Å². The second-order valence-electron chi connectivity index (χ2n) is 6.04. The summed E-state index contributed by atoms with van der Waals surface area (Å²) in [6.45, 7) is 1.62. The number of aromatic nitrogens is 1. The molecule has 1 aromatic carbocycles. The zero-order chi connectivity index (χ0) is 18.9. The Morgan fingerprint density at radius 3 is 2.73 bits per heavy atom. The summed E-state index contributed by atoms with van der Waals surface area (Å²) in [6, 6.07) is 7.21. The van der Waals surface area contributed by atoms with E-state index in [0.29, 0.717) is 46.3 Å². The van der Waals surface area contributed by atoms with E-state index in [0.717, 1.165) is 12.1 Å². The standard InChI is InChI=1S/C18H16ClF3N2O2/c1-10-5-11(7-12(6-10)18(20,21)22)16-9-13(24-26-16)8-15-14(19)3-4-17(23-15)25-2/h3-7,16H,8-9H2,1-2H3. The second kappa shape index (κ2) is 7.15. The summed E-state index contributed by atoms with van der Waals surface area (Å²) in [5.74, 6) is 0.425. The normalized spacial score (nSPS) is 17.0. The van der Waals surface area contributed by atoms with E-state index in [1.54, 1.807) is 25.1 Å². The van der Waals surface area contributed by atoms with Crippen molar-refractivity contribution in [2.24, 2.45) is 5.16 Å². The molecule has 0 bridgehead atoms. The molecule has 0 aliphatic carbocycles. The predicted molar refractivity (Wildman–Crippen MR) is 91.6 cm³/mol. The van der Waals surface area contributed by atoms with E-state index in [1.165, 1.54) is 7.11 Å². The summed E-state index contributed by atoms with van der Waals surface area (Å²) < 4.78 is 44.1. The van der Waals surface area contributed by atoms with E-state index in [-0.39, 0.29) is 0 Å². The lowest BCUT2D eigenvalue weighted by molar-refractivity contribution is -0.137. The van der Waals surface area contributed by atoms with Crippen LogP contribution in [0.25, 0.3) is 0 Å². The molecule has 0 N–H and O–H groups in total. The van der Waals surface area contributed by atoms with E-state index in [9.17, 15) is 13.2 Å². The Kier molecular flexibility index (Phi) is 5.09. The number of aryl methyl sites for hydroxylation is 1. The van der Waals surface area contributed by atoms with Gasteiger partial charge in [0.05, 0.1) is 29.1 Å². The van der Waals surface area contributed by atoms with Crippen LogP contribution in [0.4, 0.5) is 13.2 Å². The maximum absolute atomic E-state index is 13.0. The van der Waals surface area contributed by atoms with Gasteiger partial charge >= 0.3 is 6.18 Å². The zero-order valence-electron chi connectivity index (χ0n) is 14.1. The molecule has 1 aromatic heterocycles. The SMILES string of the molecule is COc1ccc(Cl)c(CC2=NOC(c3cc(C)cc(C(F)(F)F)c3)C2)n1. The number of benzene rings is 1. The fourth-order valence-electron chi connectivity index (χ4n) is 2.77. The average Bonchev–Trinajstić information content (AvgIpc) is 3.04. The van der Waals surface area contributed by atoms with Crippen molar-refractivity contribution in [3.63, 3.8) is 0 Å². The van der Waals surface area contributed by atoms with Crippen LogP contribution in [0, 0.1) is 6.92 Å². The third kappa shape index (κ3) is 4.09. The maximum atomic E-state index is 13.0. The summed E-state index contributed by atoms with van der Waals surface area (Å²) in [6.07, 6.45) is -4.25. The molecule has 2 heterocycles. The molecule has 1 unspecified atom stereocenters. The number of ether oxygens (including phenoxy) is 1. The van der Waals surface area contributed by atoms with E-state index >= 15 is 0 Å². The Balaban J connectivity index is 1.76. The number of methoxy groups -OCH3 is 1. The fourth-order valence-corrected chi connectivity index (χ4v) is 2.94. The lowest BCUT2D eigenvalue weighted by Crippen LogP contribution is -2.09. The topological polar surface area (TPSA) is 43.7 Å². The Morgan fingerprint density at radius 2 is 2.04 bits per heavy atom. The number of rotatable bonds is 4. The summed E-state index contributed by atoms with van der Waals surface area (Å²) in [5, 5.41) is 4.47. The Morgan fingerprint density at radius 1 is 1.27 bits per heavy atom. The van der Waals surface area contributed by atoms with Gasteiger partial charge in [0.25, 0.3) is 0 Å². The molecule has 0 saturated heterocycles. The van der Waals surface area contributed by atoms with Gasteiger partial charge in [0, 0.05) is 18.9 Å². The van der Waals surface area contributed by atoms with Gasteiger partial charge in [0.15, 0.2) is 6.10 Å². The van der Waals surface area contributed by atoms with Crippen molar-refractivity contribution in [1.29, 1.82) is 0 Å². The van der Waals surface area contributed by atoms with Gasteiger partial charge in [-0.2, -0.15) is 13.2 Å². The molecule has 3 rings (SSSR count). The van der Waals surface area contributed by atoms with Crippen molar-refractivity contribution in [2.75, 3.05) is 7.11 Å².